The number of non-ortho nitro benzene ring substituents is 1. The molecule has 0 radical (unpaired) electrons. The summed E-state index contributed by atoms with van der Waals surface area (Å²) in [5, 5.41) is 25.1. The first kappa shape index (κ1) is 26.0. The summed E-state index contributed by atoms with van der Waals surface area (Å²) >= 11 is 0. The lowest BCUT2D eigenvalue weighted by molar-refractivity contribution is -0.384. The summed E-state index contributed by atoms with van der Waals surface area (Å²) in [6.45, 7) is -1.10. The minimum Gasteiger partial charge on any atom is -0.495 e. The standard InChI is InChI=1S/C24H23N3O9S/c1-35-22-9-7-17(27(31)32)11-20(22)25-23(29)14-36-24(30)21-12-18(28)13-26(21)37(33,34)19-8-6-15-4-2-3-5-16(15)10-19/h2-11,18,21,28H,12-14H2,1H3,(H,25,29)/t18-,21+/m0/s1. The molecule has 0 unspecified atom stereocenters. The van der Waals surface area contributed by atoms with Gasteiger partial charge in [0.25, 0.3) is 11.6 Å². The van der Waals surface area contributed by atoms with Crippen molar-refractivity contribution in [3.63, 3.8) is 0 Å². The summed E-state index contributed by atoms with van der Waals surface area (Å²) in [4.78, 5) is 35.5. The molecule has 1 saturated heterocycles. The first-order valence-corrected chi connectivity index (χ1v) is 12.5. The molecule has 1 amide bonds. The molecule has 1 fully saturated rings. The number of esters is 1. The molecule has 12 nitrogen and oxygen atoms in total. The number of carbonyl (C=O) groups is 2. The van der Waals surface area contributed by atoms with Gasteiger partial charge in [-0.1, -0.05) is 30.3 Å². The van der Waals surface area contributed by atoms with E-state index in [-0.39, 0.29) is 35.0 Å². The number of hydrogen-bond acceptors (Lipinski definition) is 9. The quantitative estimate of drug-likeness (QED) is 0.252. The molecular weight excluding hydrogens is 506 g/mol. The van der Waals surface area contributed by atoms with Crippen molar-refractivity contribution in [3.05, 3.63) is 70.8 Å². The Morgan fingerprint density at radius 2 is 1.86 bits per heavy atom. The van der Waals surface area contributed by atoms with Crippen molar-refractivity contribution in [2.75, 3.05) is 25.6 Å². The largest absolute Gasteiger partial charge is 0.495 e. The summed E-state index contributed by atoms with van der Waals surface area (Å²) in [6.07, 6.45) is -1.30. The van der Waals surface area contributed by atoms with E-state index in [1.54, 1.807) is 18.2 Å². The normalized spacial score (nSPS) is 17.9. The number of ether oxygens (including phenoxy) is 2. The first-order valence-electron chi connectivity index (χ1n) is 11.1. The van der Waals surface area contributed by atoms with Crippen LogP contribution in [0.1, 0.15) is 6.42 Å². The molecule has 2 N–H and O–H groups in total. The highest BCUT2D eigenvalue weighted by atomic mass is 32.2. The van der Waals surface area contributed by atoms with Crippen LogP contribution in [0.15, 0.2) is 65.6 Å². The maximum atomic E-state index is 13.3. The number of methoxy groups -OCH3 is 1. The third-order valence-corrected chi connectivity index (χ3v) is 7.72. The van der Waals surface area contributed by atoms with Crippen molar-refractivity contribution in [1.82, 2.24) is 4.31 Å². The van der Waals surface area contributed by atoms with Gasteiger partial charge < -0.3 is 19.9 Å². The van der Waals surface area contributed by atoms with Gasteiger partial charge in [0.05, 0.1) is 28.7 Å². The molecule has 0 aliphatic carbocycles. The van der Waals surface area contributed by atoms with Gasteiger partial charge in [-0.25, -0.2) is 8.42 Å². The molecule has 37 heavy (non-hydrogen) atoms. The number of aliphatic hydroxyl groups is 1. The van der Waals surface area contributed by atoms with E-state index in [0.29, 0.717) is 5.39 Å². The average Bonchev–Trinajstić information content (AvgIpc) is 3.29. The fraction of sp³-hybridized carbons (Fsp3) is 0.250. The number of sulfonamides is 1. The van der Waals surface area contributed by atoms with Gasteiger partial charge in [-0.2, -0.15) is 4.31 Å². The van der Waals surface area contributed by atoms with Crippen molar-refractivity contribution in [2.24, 2.45) is 0 Å². The fourth-order valence-corrected chi connectivity index (χ4v) is 5.72. The Bertz CT molecular complexity index is 1480. The van der Waals surface area contributed by atoms with Gasteiger partial charge in [-0.05, 0) is 29.0 Å². The van der Waals surface area contributed by atoms with E-state index in [1.807, 2.05) is 12.1 Å². The average molecular weight is 530 g/mol. The number of benzene rings is 3. The van der Waals surface area contributed by atoms with Crippen LogP contribution in [0.4, 0.5) is 11.4 Å². The molecule has 1 aliphatic rings. The van der Waals surface area contributed by atoms with Gasteiger partial charge >= 0.3 is 5.97 Å². The van der Waals surface area contributed by atoms with Crippen molar-refractivity contribution >= 4 is 44.0 Å². The highest BCUT2D eigenvalue weighted by Crippen LogP contribution is 2.30. The smallest absolute Gasteiger partial charge is 0.325 e. The van der Waals surface area contributed by atoms with E-state index < -0.39 is 45.6 Å². The van der Waals surface area contributed by atoms with E-state index in [2.05, 4.69) is 5.32 Å². The molecule has 2 atom stereocenters. The van der Waals surface area contributed by atoms with E-state index in [9.17, 15) is 33.2 Å². The highest BCUT2D eigenvalue weighted by Gasteiger charge is 2.44. The zero-order valence-electron chi connectivity index (χ0n) is 19.6. The van der Waals surface area contributed by atoms with Crippen molar-refractivity contribution in [3.8, 4) is 5.75 Å². The molecule has 0 saturated carbocycles. The van der Waals surface area contributed by atoms with E-state index >= 15 is 0 Å². The Labute approximate surface area is 211 Å². The summed E-state index contributed by atoms with van der Waals surface area (Å²) in [5.74, 6) is -1.69. The SMILES string of the molecule is COc1ccc([N+](=O)[O-])cc1NC(=O)COC(=O)[C@H]1C[C@H](O)CN1S(=O)(=O)c1ccc2ccccc2c1. The molecule has 1 heterocycles. The molecular formula is C24H23N3O9S. The number of nitrogens with one attached hydrogen (secondary N) is 1. The molecule has 0 bridgehead atoms. The van der Waals surface area contributed by atoms with Crippen LogP contribution in [0.3, 0.4) is 0 Å². The second kappa shape index (κ2) is 10.5. The van der Waals surface area contributed by atoms with Crippen LogP contribution in [0.5, 0.6) is 5.75 Å². The fourth-order valence-electron chi connectivity index (χ4n) is 4.05. The number of nitro benzene ring substituents is 1. The number of fused-ring (bicyclic) bond motifs is 1. The van der Waals surface area contributed by atoms with Crippen LogP contribution >= 0.6 is 0 Å². The summed E-state index contributed by atoms with van der Waals surface area (Å²) < 4.78 is 37.7. The molecule has 194 valence electrons. The second-order valence-corrected chi connectivity index (χ2v) is 10.2. The molecule has 3 aromatic rings. The van der Waals surface area contributed by atoms with Gasteiger partial charge in [0.1, 0.15) is 11.8 Å². The van der Waals surface area contributed by atoms with E-state index in [0.717, 1.165) is 15.8 Å². The number of β-amino-alcohol motifs (C(OH)–C–C–N with tert-alkyl or cyclic N) is 1. The maximum absolute atomic E-state index is 13.3. The minimum atomic E-state index is -4.17. The Morgan fingerprint density at radius 1 is 1.14 bits per heavy atom. The van der Waals surface area contributed by atoms with Crippen molar-refractivity contribution in [1.29, 1.82) is 0 Å². The number of hydrogen-bond donors (Lipinski definition) is 2. The minimum absolute atomic E-state index is 0.00505. The van der Waals surface area contributed by atoms with Crippen LogP contribution in [-0.4, -0.2) is 67.0 Å². The van der Waals surface area contributed by atoms with Crippen molar-refractivity contribution in [2.45, 2.75) is 23.5 Å². The third-order valence-electron chi connectivity index (χ3n) is 5.85. The lowest BCUT2D eigenvalue weighted by atomic mass is 10.1. The lowest BCUT2D eigenvalue weighted by Gasteiger charge is -2.22. The summed E-state index contributed by atoms with van der Waals surface area (Å²) in [6, 6.07) is 14.0. The number of anilines is 1. The van der Waals surface area contributed by atoms with Gasteiger partial charge in [-0.15, -0.1) is 0 Å². The number of nitro groups is 1. The molecule has 0 aromatic heterocycles. The Morgan fingerprint density at radius 3 is 2.57 bits per heavy atom. The molecule has 3 aromatic carbocycles. The van der Waals surface area contributed by atoms with Crippen LogP contribution < -0.4 is 10.1 Å². The first-order chi connectivity index (χ1) is 17.6. The van der Waals surface area contributed by atoms with Crippen molar-refractivity contribution < 1.29 is 37.5 Å². The maximum Gasteiger partial charge on any atom is 0.325 e. The van der Waals surface area contributed by atoms with Crippen LogP contribution in [0.2, 0.25) is 0 Å². The zero-order valence-corrected chi connectivity index (χ0v) is 20.4. The highest BCUT2D eigenvalue weighted by molar-refractivity contribution is 7.89. The Kier molecular flexibility index (Phi) is 7.38. The third kappa shape index (κ3) is 5.53. The molecule has 13 heteroatoms. The van der Waals surface area contributed by atoms with Crippen LogP contribution in [-0.2, 0) is 24.3 Å². The van der Waals surface area contributed by atoms with Crippen LogP contribution in [0.25, 0.3) is 10.8 Å². The van der Waals surface area contributed by atoms with Crippen LogP contribution in [0, 0.1) is 10.1 Å². The number of nitrogens with zero attached hydrogens (tertiary/aromatic N) is 2. The molecule has 4 rings (SSSR count). The van der Waals surface area contributed by atoms with E-state index in [1.165, 1.54) is 31.4 Å². The number of amides is 1. The van der Waals surface area contributed by atoms with Gasteiger partial charge in [-0.3, -0.25) is 19.7 Å². The lowest BCUT2D eigenvalue weighted by Crippen LogP contribution is -2.42. The molecule has 0 spiro atoms. The summed E-state index contributed by atoms with van der Waals surface area (Å²) in [7, 11) is -2.86. The van der Waals surface area contributed by atoms with Gasteiger partial charge in [0.2, 0.25) is 10.0 Å². The zero-order chi connectivity index (χ0) is 26.7. The Balaban J connectivity index is 1.46. The second-order valence-electron chi connectivity index (χ2n) is 8.29. The number of rotatable bonds is 8. The predicted molar refractivity (Wildman–Crippen MR) is 131 cm³/mol. The summed E-state index contributed by atoms with van der Waals surface area (Å²) in [5.41, 5.74) is -0.294. The Hall–Kier alpha value is -4.07. The van der Waals surface area contributed by atoms with E-state index in [4.69, 9.17) is 9.47 Å². The predicted octanol–water partition coefficient (Wildman–Crippen LogP) is 2.06. The van der Waals surface area contributed by atoms with Gasteiger partial charge in [0.15, 0.2) is 6.61 Å². The number of aliphatic hydroxyl groups excluding tert-OH is 1. The van der Waals surface area contributed by atoms with Gasteiger partial charge in [0, 0.05) is 25.1 Å². The number of carbonyl (C=O) groups excluding carboxylic acids is 2. The topological polar surface area (TPSA) is 165 Å². The monoisotopic (exact) mass is 529 g/mol. The molecule has 1 aliphatic heterocycles.